The molecule has 0 aliphatic rings. The van der Waals surface area contributed by atoms with Crippen LogP contribution in [0, 0.1) is 34.3 Å². The largest absolute Gasteiger partial charge is 0.488 e. The van der Waals surface area contributed by atoms with Crippen molar-refractivity contribution in [1.29, 1.82) is 10.5 Å². The van der Waals surface area contributed by atoms with Gasteiger partial charge in [-0.2, -0.15) is 10.5 Å². The minimum absolute atomic E-state index is 0.0257. The number of nitrogen functional groups attached to an aromatic ring is 1. The molecule has 8 heteroatoms. The van der Waals surface area contributed by atoms with Gasteiger partial charge < -0.3 is 15.5 Å². The van der Waals surface area contributed by atoms with E-state index in [1.807, 2.05) is 6.07 Å². The zero-order valence-electron chi connectivity index (χ0n) is 14.3. The number of hydrogen-bond donors (Lipinski definition) is 2. The lowest BCUT2D eigenvalue weighted by Gasteiger charge is -2.14. The maximum absolute atomic E-state index is 13.8. The van der Waals surface area contributed by atoms with Crippen LogP contribution in [-0.4, -0.2) is 4.98 Å². The third kappa shape index (κ3) is 3.53. The second-order valence-corrected chi connectivity index (χ2v) is 5.78. The lowest BCUT2D eigenvalue weighted by atomic mass is 9.96. The molecule has 0 fully saturated rings. The van der Waals surface area contributed by atoms with Crippen molar-refractivity contribution in [3.05, 3.63) is 81.1 Å². The number of pyridine rings is 1. The Kier molecular flexibility index (Phi) is 5.05. The highest BCUT2D eigenvalue weighted by molar-refractivity contribution is 5.83. The van der Waals surface area contributed by atoms with Crippen LogP contribution in [0.3, 0.4) is 0 Å². The highest BCUT2D eigenvalue weighted by Gasteiger charge is 2.21. The Morgan fingerprint density at radius 1 is 1.04 bits per heavy atom. The molecule has 3 aromatic rings. The summed E-state index contributed by atoms with van der Waals surface area (Å²) >= 11 is 0. The van der Waals surface area contributed by atoms with Gasteiger partial charge in [-0.15, -0.1) is 0 Å². The molecule has 0 radical (unpaired) electrons. The van der Waals surface area contributed by atoms with E-state index in [1.165, 1.54) is 24.3 Å². The molecule has 1 heterocycles. The number of nitrogens with zero attached hydrogens (tertiary/aromatic N) is 2. The highest BCUT2D eigenvalue weighted by Crippen LogP contribution is 2.36. The molecule has 0 saturated heterocycles. The summed E-state index contributed by atoms with van der Waals surface area (Å²) in [7, 11) is 0. The van der Waals surface area contributed by atoms with Crippen molar-refractivity contribution in [3.8, 4) is 29.0 Å². The Balaban J connectivity index is 2.16. The quantitative estimate of drug-likeness (QED) is 0.723. The van der Waals surface area contributed by atoms with Crippen LogP contribution in [0.4, 0.5) is 14.6 Å². The van der Waals surface area contributed by atoms with Gasteiger partial charge in [0.15, 0.2) is 0 Å². The zero-order valence-corrected chi connectivity index (χ0v) is 14.3. The molecular formula is C20H12F2N4O2. The number of hydrogen-bond acceptors (Lipinski definition) is 5. The van der Waals surface area contributed by atoms with E-state index in [9.17, 15) is 24.1 Å². The molecule has 3 N–H and O–H groups in total. The Morgan fingerprint density at radius 3 is 2.43 bits per heavy atom. The molecule has 0 unspecified atom stereocenters. The molecule has 28 heavy (non-hydrogen) atoms. The van der Waals surface area contributed by atoms with Gasteiger partial charge in [-0.05, 0) is 29.8 Å². The molecule has 3 rings (SSSR count). The number of aromatic nitrogens is 1. The second-order valence-electron chi connectivity index (χ2n) is 5.78. The average Bonchev–Trinajstić information content (AvgIpc) is 2.66. The van der Waals surface area contributed by atoms with Gasteiger partial charge in [0.2, 0.25) is 0 Å². The fraction of sp³-hybridized carbons (Fsp3) is 0.0500. The predicted molar refractivity (Wildman–Crippen MR) is 97.0 cm³/mol. The predicted octanol–water partition coefficient (Wildman–Crippen LogP) is 3.22. The summed E-state index contributed by atoms with van der Waals surface area (Å²) < 4.78 is 32.8. The minimum atomic E-state index is -0.783. The summed E-state index contributed by atoms with van der Waals surface area (Å²) in [5.74, 6) is -1.33. The molecule has 0 saturated carbocycles. The van der Waals surface area contributed by atoms with Gasteiger partial charge >= 0.3 is 0 Å². The van der Waals surface area contributed by atoms with E-state index in [4.69, 9.17) is 10.5 Å². The van der Waals surface area contributed by atoms with Crippen molar-refractivity contribution in [2.75, 3.05) is 5.73 Å². The van der Waals surface area contributed by atoms with Crippen LogP contribution in [-0.2, 0) is 6.61 Å². The molecule has 0 aliphatic heterocycles. The molecule has 0 aliphatic carbocycles. The normalized spacial score (nSPS) is 10.1. The number of nitrogens with one attached hydrogen (secondary N) is 1. The second kappa shape index (κ2) is 7.60. The van der Waals surface area contributed by atoms with Crippen LogP contribution >= 0.6 is 0 Å². The molecule has 138 valence electrons. The van der Waals surface area contributed by atoms with Gasteiger partial charge in [0.1, 0.15) is 53.1 Å². The van der Waals surface area contributed by atoms with Crippen LogP contribution in [0.2, 0.25) is 0 Å². The maximum Gasteiger partial charge on any atom is 0.268 e. The fourth-order valence-corrected chi connectivity index (χ4v) is 2.72. The van der Waals surface area contributed by atoms with E-state index in [2.05, 4.69) is 4.98 Å². The van der Waals surface area contributed by atoms with Gasteiger partial charge in [0, 0.05) is 17.2 Å². The molecule has 0 amide bonds. The summed E-state index contributed by atoms with van der Waals surface area (Å²) in [5, 5.41) is 18.8. The fourth-order valence-electron chi connectivity index (χ4n) is 2.72. The van der Waals surface area contributed by atoms with E-state index >= 15 is 0 Å². The van der Waals surface area contributed by atoms with E-state index < -0.39 is 17.2 Å². The summed E-state index contributed by atoms with van der Waals surface area (Å²) in [6.45, 7) is -0.101. The van der Waals surface area contributed by atoms with Crippen molar-refractivity contribution < 1.29 is 13.5 Å². The van der Waals surface area contributed by atoms with Gasteiger partial charge in [0.05, 0.1) is 0 Å². The first-order chi connectivity index (χ1) is 13.4. The third-order valence-electron chi connectivity index (χ3n) is 3.96. The summed E-state index contributed by atoms with van der Waals surface area (Å²) in [6, 6.07) is 12.7. The number of halogens is 2. The van der Waals surface area contributed by atoms with Crippen LogP contribution in [0.25, 0.3) is 11.1 Å². The molecule has 2 aromatic carbocycles. The Hall–Kier alpha value is -4.17. The number of anilines is 1. The number of nitrogens with two attached hydrogens (primary N) is 1. The number of ether oxygens (including phenoxy) is 1. The Morgan fingerprint density at radius 2 is 1.75 bits per heavy atom. The number of rotatable bonds is 4. The molecule has 6 nitrogen and oxygen atoms in total. The van der Waals surface area contributed by atoms with Crippen LogP contribution in [0.15, 0.2) is 47.3 Å². The summed E-state index contributed by atoms with van der Waals surface area (Å²) in [4.78, 5) is 14.3. The third-order valence-corrected chi connectivity index (χ3v) is 3.96. The first kappa shape index (κ1) is 18.6. The number of benzene rings is 2. The molecule has 1 aromatic heterocycles. The SMILES string of the molecule is N#Cc1c(N)[nH]c(=O)c(C#N)c1-c1ccc(F)cc1OCc1cccc(F)c1. The van der Waals surface area contributed by atoms with Crippen molar-refractivity contribution >= 4 is 5.82 Å². The molecule has 0 spiro atoms. The number of aromatic amines is 1. The van der Waals surface area contributed by atoms with Gasteiger partial charge in [-0.25, -0.2) is 8.78 Å². The van der Waals surface area contributed by atoms with Gasteiger partial charge in [-0.3, -0.25) is 4.79 Å². The minimum Gasteiger partial charge on any atom is -0.488 e. The van der Waals surface area contributed by atoms with Gasteiger partial charge in [-0.1, -0.05) is 12.1 Å². The Bertz CT molecular complexity index is 1210. The molecule has 0 atom stereocenters. The van der Waals surface area contributed by atoms with Crippen molar-refractivity contribution in [1.82, 2.24) is 4.98 Å². The number of nitriles is 2. The standard InChI is InChI=1S/C20H12F2N4O2/c21-12-3-1-2-11(6-12)10-28-17-7-13(22)4-5-14(17)18-15(8-23)19(25)26-20(27)16(18)9-24/h1-7H,10H2,(H3,25,26,27). The van der Waals surface area contributed by atoms with E-state index in [0.717, 1.165) is 12.1 Å². The molecular weight excluding hydrogens is 366 g/mol. The van der Waals surface area contributed by atoms with Crippen molar-refractivity contribution in [3.63, 3.8) is 0 Å². The lowest BCUT2D eigenvalue weighted by Crippen LogP contribution is -2.16. The van der Waals surface area contributed by atoms with Gasteiger partial charge in [0.25, 0.3) is 5.56 Å². The van der Waals surface area contributed by atoms with Crippen molar-refractivity contribution in [2.24, 2.45) is 0 Å². The van der Waals surface area contributed by atoms with Crippen LogP contribution < -0.4 is 16.0 Å². The Labute approximate surface area is 158 Å². The molecule has 0 bridgehead atoms. The van der Waals surface area contributed by atoms with Crippen molar-refractivity contribution in [2.45, 2.75) is 6.61 Å². The van der Waals surface area contributed by atoms with E-state index in [0.29, 0.717) is 5.56 Å². The van der Waals surface area contributed by atoms with E-state index in [1.54, 1.807) is 12.1 Å². The van der Waals surface area contributed by atoms with Crippen LogP contribution in [0.5, 0.6) is 5.75 Å². The van der Waals surface area contributed by atoms with Crippen LogP contribution in [0.1, 0.15) is 16.7 Å². The van der Waals surface area contributed by atoms with E-state index in [-0.39, 0.29) is 40.4 Å². The summed E-state index contributed by atoms with van der Waals surface area (Å²) in [5.41, 5.74) is 5.01. The first-order valence-corrected chi connectivity index (χ1v) is 7.97. The number of H-pyrrole nitrogens is 1. The smallest absolute Gasteiger partial charge is 0.268 e. The lowest BCUT2D eigenvalue weighted by molar-refractivity contribution is 0.305. The maximum atomic E-state index is 13.8. The summed E-state index contributed by atoms with van der Waals surface area (Å²) in [6.07, 6.45) is 0. The monoisotopic (exact) mass is 378 g/mol. The first-order valence-electron chi connectivity index (χ1n) is 7.97. The highest BCUT2D eigenvalue weighted by atomic mass is 19.1. The topological polar surface area (TPSA) is 116 Å². The average molecular weight is 378 g/mol. The zero-order chi connectivity index (χ0) is 20.3.